The molecule has 6 heteroatoms. The SMILES string of the molecule is c1nc(N2CCCC2)ncc1CNC1CCc2[nH]ncc2C1. The van der Waals surface area contributed by atoms with Crippen LogP contribution in [-0.2, 0) is 19.4 Å². The van der Waals surface area contributed by atoms with E-state index < -0.39 is 0 Å². The van der Waals surface area contributed by atoms with Gasteiger partial charge in [-0.05, 0) is 37.7 Å². The first-order chi connectivity index (χ1) is 10.9. The van der Waals surface area contributed by atoms with Gasteiger partial charge in [-0.2, -0.15) is 5.10 Å². The Hall–Kier alpha value is -1.95. The van der Waals surface area contributed by atoms with Gasteiger partial charge in [0.1, 0.15) is 0 Å². The average molecular weight is 298 g/mol. The zero-order chi connectivity index (χ0) is 14.8. The Balaban J connectivity index is 1.32. The standard InChI is InChI=1S/C16H22N6/c1-2-6-22(5-1)16-18-9-12(10-19-16)8-17-14-3-4-15-13(7-14)11-20-21-15/h9-11,14,17H,1-8H2,(H,20,21). The first kappa shape index (κ1) is 13.7. The number of aromatic nitrogens is 4. The molecule has 1 aliphatic carbocycles. The van der Waals surface area contributed by atoms with Crippen molar-refractivity contribution >= 4 is 5.95 Å². The number of fused-ring (bicyclic) bond motifs is 1. The van der Waals surface area contributed by atoms with Crippen LogP contribution in [0.3, 0.4) is 0 Å². The molecular weight excluding hydrogens is 276 g/mol. The van der Waals surface area contributed by atoms with Crippen LogP contribution in [0.5, 0.6) is 0 Å². The van der Waals surface area contributed by atoms with E-state index in [0.717, 1.165) is 50.4 Å². The van der Waals surface area contributed by atoms with Gasteiger partial charge in [0.25, 0.3) is 0 Å². The minimum atomic E-state index is 0.517. The first-order valence-electron chi connectivity index (χ1n) is 8.19. The number of aromatic amines is 1. The van der Waals surface area contributed by atoms with Crippen LogP contribution in [0.15, 0.2) is 18.6 Å². The molecule has 22 heavy (non-hydrogen) atoms. The molecule has 4 rings (SSSR count). The molecule has 1 unspecified atom stereocenters. The van der Waals surface area contributed by atoms with E-state index >= 15 is 0 Å². The number of nitrogens with zero attached hydrogens (tertiary/aromatic N) is 4. The van der Waals surface area contributed by atoms with Gasteiger partial charge >= 0.3 is 0 Å². The summed E-state index contributed by atoms with van der Waals surface area (Å²) in [7, 11) is 0. The van der Waals surface area contributed by atoms with Crippen molar-refractivity contribution in [3.05, 3.63) is 35.4 Å². The minimum absolute atomic E-state index is 0.517. The van der Waals surface area contributed by atoms with Gasteiger partial charge in [-0.3, -0.25) is 5.10 Å². The highest BCUT2D eigenvalue weighted by Gasteiger charge is 2.19. The summed E-state index contributed by atoms with van der Waals surface area (Å²) in [6.07, 6.45) is 11.7. The summed E-state index contributed by atoms with van der Waals surface area (Å²) in [5.41, 5.74) is 3.81. The Labute approximate surface area is 130 Å². The van der Waals surface area contributed by atoms with Gasteiger partial charge in [0, 0.05) is 49.3 Å². The monoisotopic (exact) mass is 298 g/mol. The summed E-state index contributed by atoms with van der Waals surface area (Å²) in [4.78, 5) is 11.3. The van der Waals surface area contributed by atoms with Crippen LogP contribution >= 0.6 is 0 Å². The third kappa shape index (κ3) is 2.83. The lowest BCUT2D eigenvalue weighted by atomic mass is 9.93. The molecule has 6 nitrogen and oxygen atoms in total. The molecule has 1 aliphatic heterocycles. The van der Waals surface area contributed by atoms with Crippen LogP contribution in [-0.4, -0.2) is 39.3 Å². The summed E-state index contributed by atoms with van der Waals surface area (Å²) < 4.78 is 0. The summed E-state index contributed by atoms with van der Waals surface area (Å²) in [5.74, 6) is 0.877. The maximum absolute atomic E-state index is 4.51. The summed E-state index contributed by atoms with van der Waals surface area (Å²) in [5, 5.41) is 10.8. The van der Waals surface area contributed by atoms with Crippen LogP contribution in [0.2, 0.25) is 0 Å². The molecular formula is C16H22N6. The average Bonchev–Trinajstić information content (AvgIpc) is 3.24. The second-order valence-corrected chi connectivity index (χ2v) is 6.28. The highest BCUT2D eigenvalue weighted by Crippen LogP contribution is 2.19. The molecule has 1 fully saturated rings. The van der Waals surface area contributed by atoms with E-state index in [9.17, 15) is 0 Å². The van der Waals surface area contributed by atoms with Gasteiger partial charge in [-0.25, -0.2) is 9.97 Å². The Kier molecular flexibility index (Phi) is 3.76. The topological polar surface area (TPSA) is 69.7 Å². The van der Waals surface area contributed by atoms with Crippen LogP contribution < -0.4 is 10.2 Å². The summed E-state index contributed by atoms with van der Waals surface area (Å²) in [6, 6.07) is 0.517. The molecule has 0 amide bonds. The highest BCUT2D eigenvalue weighted by atomic mass is 15.3. The lowest BCUT2D eigenvalue weighted by Gasteiger charge is -2.23. The van der Waals surface area contributed by atoms with Crippen molar-refractivity contribution in [3.8, 4) is 0 Å². The second kappa shape index (κ2) is 6.04. The van der Waals surface area contributed by atoms with Crippen LogP contribution in [0.1, 0.15) is 36.1 Å². The maximum Gasteiger partial charge on any atom is 0.225 e. The van der Waals surface area contributed by atoms with E-state index in [0.29, 0.717) is 6.04 Å². The molecule has 2 aliphatic rings. The molecule has 1 atom stereocenters. The first-order valence-corrected chi connectivity index (χ1v) is 8.19. The summed E-state index contributed by atoms with van der Waals surface area (Å²) in [6.45, 7) is 3.01. The lowest BCUT2D eigenvalue weighted by molar-refractivity contribution is 0.455. The fraction of sp³-hybridized carbons (Fsp3) is 0.562. The van der Waals surface area contributed by atoms with Crippen LogP contribution in [0.25, 0.3) is 0 Å². The molecule has 0 aromatic carbocycles. The van der Waals surface area contributed by atoms with Crippen molar-refractivity contribution in [2.24, 2.45) is 0 Å². The van der Waals surface area contributed by atoms with Crippen molar-refractivity contribution in [2.45, 2.75) is 44.7 Å². The Morgan fingerprint density at radius 2 is 2.00 bits per heavy atom. The molecule has 0 bridgehead atoms. The van der Waals surface area contributed by atoms with E-state index in [1.807, 2.05) is 18.6 Å². The molecule has 0 radical (unpaired) electrons. The van der Waals surface area contributed by atoms with Crippen molar-refractivity contribution < 1.29 is 0 Å². The number of nitrogens with one attached hydrogen (secondary N) is 2. The molecule has 116 valence electrons. The molecule has 2 aromatic rings. The number of hydrogen-bond acceptors (Lipinski definition) is 5. The van der Waals surface area contributed by atoms with E-state index in [1.54, 1.807) is 0 Å². The number of H-pyrrole nitrogens is 1. The van der Waals surface area contributed by atoms with Crippen LogP contribution in [0.4, 0.5) is 5.95 Å². The van der Waals surface area contributed by atoms with Gasteiger partial charge in [0.05, 0.1) is 6.20 Å². The molecule has 3 heterocycles. The van der Waals surface area contributed by atoms with Gasteiger partial charge < -0.3 is 10.2 Å². The van der Waals surface area contributed by atoms with Crippen LogP contribution in [0, 0.1) is 0 Å². The predicted octanol–water partition coefficient (Wildman–Crippen LogP) is 1.45. The number of aryl methyl sites for hydroxylation is 1. The van der Waals surface area contributed by atoms with Crippen molar-refractivity contribution in [3.63, 3.8) is 0 Å². The van der Waals surface area contributed by atoms with Gasteiger partial charge in [0.2, 0.25) is 5.95 Å². The smallest absolute Gasteiger partial charge is 0.225 e. The molecule has 1 saturated heterocycles. The Bertz CT molecular complexity index is 614. The lowest BCUT2D eigenvalue weighted by Crippen LogP contribution is -2.34. The molecule has 0 saturated carbocycles. The fourth-order valence-electron chi connectivity index (χ4n) is 3.37. The normalized spacial score (nSPS) is 21.1. The fourth-order valence-corrected chi connectivity index (χ4v) is 3.37. The number of rotatable bonds is 4. The third-order valence-corrected chi connectivity index (χ3v) is 4.69. The van der Waals surface area contributed by atoms with Gasteiger partial charge in [-0.1, -0.05) is 0 Å². The van der Waals surface area contributed by atoms with Crippen molar-refractivity contribution in [1.29, 1.82) is 0 Å². The van der Waals surface area contributed by atoms with Crippen molar-refractivity contribution in [2.75, 3.05) is 18.0 Å². The van der Waals surface area contributed by atoms with Crippen molar-refractivity contribution in [1.82, 2.24) is 25.5 Å². The van der Waals surface area contributed by atoms with Gasteiger partial charge in [0.15, 0.2) is 0 Å². The predicted molar refractivity (Wildman–Crippen MR) is 84.7 cm³/mol. The highest BCUT2D eigenvalue weighted by molar-refractivity contribution is 5.31. The molecule has 2 aromatic heterocycles. The second-order valence-electron chi connectivity index (χ2n) is 6.28. The number of hydrogen-bond donors (Lipinski definition) is 2. The van der Waals surface area contributed by atoms with E-state index in [4.69, 9.17) is 0 Å². The largest absolute Gasteiger partial charge is 0.341 e. The zero-order valence-electron chi connectivity index (χ0n) is 12.8. The van der Waals surface area contributed by atoms with E-state index in [2.05, 4.69) is 30.4 Å². The third-order valence-electron chi connectivity index (χ3n) is 4.69. The minimum Gasteiger partial charge on any atom is -0.341 e. The van der Waals surface area contributed by atoms with Gasteiger partial charge in [-0.15, -0.1) is 0 Å². The molecule has 0 spiro atoms. The maximum atomic E-state index is 4.51. The Morgan fingerprint density at radius 3 is 2.82 bits per heavy atom. The number of anilines is 1. The quantitative estimate of drug-likeness (QED) is 0.894. The summed E-state index contributed by atoms with van der Waals surface area (Å²) >= 11 is 0. The Morgan fingerprint density at radius 1 is 1.18 bits per heavy atom. The van der Waals surface area contributed by atoms with E-state index in [1.165, 1.54) is 24.1 Å². The molecule has 2 N–H and O–H groups in total. The van der Waals surface area contributed by atoms with E-state index in [-0.39, 0.29) is 0 Å². The zero-order valence-corrected chi connectivity index (χ0v) is 12.8.